The molecule has 144 valence electrons. The molecule has 1 saturated heterocycles. The van der Waals surface area contributed by atoms with Gasteiger partial charge in [0.2, 0.25) is 0 Å². The number of H-pyrrole nitrogens is 1. The van der Waals surface area contributed by atoms with Crippen molar-refractivity contribution in [3.63, 3.8) is 0 Å². The number of aromatic amines is 1. The molecule has 7 heteroatoms. The van der Waals surface area contributed by atoms with E-state index < -0.39 is 5.91 Å². The summed E-state index contributed by atoms with van der Waals surface area (Å²) < 4.78 is 11.5. The maximum atomic E-state index is 12.9. The van der Waals surface area contributed by atoms with Crippen LogP contribution in [0, 0.1) is 6.92 Å². The Morgan fingerprint density at radius 3 is 2.89 bits per heavy atom. The number of aryl methyl sites for hydroxylation is 1. The van der Waals surface area contributed by atoms with Gasteiger partial charge in [0.05, 0.1) is 17.2 Å². The van der Waals surface area contributed by atoms with Crippen LogP contribution < -0.4 is 15.6 Å². The third kappa shape index (κ3) is 3.75. The molecule has 0 radical (unpaired) electrons. The molecule has 1 fully saturated rings. The van der Waals surface area contributed by atoms with E-state index in [-0.39, 0.29) is 17.4 Å². The van der Waals surface area contributed by atoms with Crippen LogP contribution in [-0.2, 0) is 4.74 Å². The monoisotopic (exact) mass is 379 g/mol. The van der Waals surface area contributed by atoms with E-state index in [9.17, 15) is 9.59 Å². The molecule has 28 heavy (non-hydrogen) atoms. The van der Waals surface area contributed by atoms with Crippen LogP contribution in [0.15, 0.2) is 47.3 Å². The zero-order chi connectivity index (χ0) is 19.5. The van der Waals surface area contributed by atoms with Gasteiger partial charge in [-0.25, -0.2) is 5.10 Å². The molecule has 1 aliphatic heterocycles. The van der Waals surface area contributed by atoms with Crippen molar-refractivity contribution in [3.05, 3.63) is 64.1 Å². The van der Waals surface area contributed by atoms with Gasteiger partial charge < -0.3 is 14.8 Å². The highest BCUT2D eigenvalue weighted by Crippen LogP contribution is 2.28. The molecule has 0 aliphatic carbocycles. The lowest BCUT2D eigenvalue weighted by Gasteiger charge is -2.16. The maximum Gasteiger partial charge on any atom is 0.276 e. The highest BCUT2D eigenvalue weighted by Gasteiger charge is 2.19. The molecule has 0 bridgehead atoms. The number of rotatable bonds is 5. The number of benzene rings is 2. The molecule has 2 N–H and O–H groups in total. The van der Waals surface area contributed by atoms with Crippen LogP contribution in [0.5, 0.6) is 5.75 Å². The first-order valence-electron chi connectivity index (χ1n) is 9.25. The molecule has 1 aromatic heterocycles. The van der Waals surface area contributed by atoms with Gasteiger partial charge in [0.15, 0.2) is 5.69 Å². The van der Waals surface area contributed by atoms with Crippen molar-refractivity contribution in [3.8, 4) is 5.75 Å². The lowest BCUT2D eigenvalue weighted by atomic mass is 10.1. The van der Waals surface area contributed by atoms with Crippen LogP contribution in [0.4, 0.5) is 5.69 Å². The van der Waals surface area contributed by atoms with Crippen molar-refractivity contribution in [2.75, 3.05) is 18.5 Å². The van der Waals surface area contributed by atoms with E-state index in [1.807, 2.05) is 19.1 Å². The molecule has 1 aliphatic rings. The highest BCUT2D eigenvalue weighted by atomic mass is 16.5. The molecule has 7 nitrogen and oxygen atoms in total. The Morgan fingerprint density at radius 2 is 2.11 bits per heavy atom. The second-order valence-corrected chi connectivity index (χ2v) is 6.85. The van der Waals surface area contributed by atoms with Gasteiger partial charge >= 0.3 is 0 Å². The topological polar surface area (TPSA) is 93.3 Å². The largest absolute Gasteiger partial charge is 0.489 e. The number of fused-ring (bicyclic) bond motifs is 1. The number of hydrogen-bond donors (Lipinski definition) is 2. The minimum absolute atomic E-state index is 0.0777. The lowest BCUT2D eigenvalue weighted by molar-refractivity contribution is 0.0681. The number of ether oxygens (including phenoxy) is 2. The third-order valence-electron chi connectivity index (χ3n) is 4.75. The molecule has 1 amide bonds. The summed E-state index contributed by atoms with van der Waals surface area (Å²) in [5.41, 5.74) is 1.39. The summed E-state index contributed by atoms with van der Waals surface area (Å²) in [5, 5.41) is 10.1. The van der Waals surface area contributed by atoms with Crippen LogP contribution in [0.3, 0.4) is 0 Å². The van der Waals surface area contributed by atoms with E-state index in [4.69, 9.17) is 9.47 Å². The molecule has 3 aromatic rings. The smallest absolute Gasteiger partial charge is 0.276 e. The number of carbonyl (C=O) groups excluding carboxylic acids is 1. The van der Waals surface area contributed by atoms with Crippen LogP contribution in [0.25, 0.3) is 10.8 Å². The van der Waals surface area contributed by atoms with Crippen molar-refractivity contribution in [2.45, 2.75) is 25.9 Å². The minimum Gasteiger partial charge on any atom is -0.489 e. The molecule has 1 unspecified atom stereocenters. The summed E-state index contributed by atoms with van der Waals surface area (Å²) in [5.74, 6) is 0.163. The summed E-state index contributed by atoms with van der Waals surface area (Å²) in [6.07, 6.45) is 2.09. The van der Waals surface area contributed by atoms with Crippen molar-refractivity contribution in [1.29, 1.82) is 0 Å². The van der Waals surface area contributed by atoms with Crippen LogP contribution in [0.2, 0.25) is 0 Å². The molecular weight excluding hydrogens is 358 g/mol. The fraction of sp³-hybridized carbons (Fsp3) is 0.286. The van der Waals surface area contributed by atoms with E-state index in [1.165, 1.54) is 0 Å². The quantitative estimate of drug-likeness (QED) is 0.711. The van der Waals surface area contributed by atoms with Gasteiger partial charge in [0.25, 0.3) is 11.5 Å². The Labute approximate surface area is 161 Å². The summed E-state index contributed by atoms with van der Waals surface area (Å²) in [7, 11) is 0. The number of anilines is 1. The summed E-state index contributed by atoms with van der Waals surface area (Å²) in [6, 6.07) is 12.4. The molecule has 0 saturated carbocycles. The van der Waals surface area contributed by atoms with E-state index in [1.54, 1.807) is 30.3 Å². The highest BCUT2D eigenvalue weighted by molar-refractivity contribution is 6.11. The van der Waals surface area contributed by atoms with Gasteiger partial charge in [-0.05, 0) is 43.5 Å². The first-order valence-corrected chi connectivity index (χ1v) is 9.25. The Morgan fingerprint density at radius 1 is 1.29 bits per heavy atom. The normalized spacial score (nSPS) is 16.2. The SMILES string of the molecule is Cc1ccc(NC(=O)c2n[nH]c(=O)c3ccccc23)c(OCC2CCCO2)c1. The number of carbonyl (C=O) groups is 1. The van der Waals surface area contributed by atoms with E-state index in [2.05, 4.69) is 15.5 Å². The third-order valence-corrected chi connectivity index (χ3v) is 4.75. The van der Waals surface area contributed by atoms with Crippen molar-refractivity contribution in [1.82, 2.24) is 10.2 Å². The fourth-order valence-corrected chi connectivity index (χ4v) is 3.28. The molecule has 4 rings (SSSR count). The molecule has 0 spiro atoms. The summed E-state index contributed by atoms with van der Waals surface area (Å²) in [4.78, 5) is 24.8. The molecule has 1 atom stereocenters. The first-order chi connectivity index (χ1) is 13.6. The number of amides is 1. The van der Waals surface area contributed by atoms with Crippen LogP contribution >= 0.6 is 0 Å². The Balaban J connectivity index is 1.59. The molecule has 2 heterocycles. The van der Waals surface area contributed by atoms with Crippen LogP contribution in [0.1, 0.15) is 28.9 Å². The Bertz CT molecular complexity index is 1070. The van der Waals surface area contributed by atoms with Gasteiger partial charge in [-0.15, -0.1) is 0 Å². The average molecular weight is 379 g/mol. The van der Waals surface area contributed by atoms with Crippen molar-refractivity contribution in [2.24, 2.45) is 0 Å². The van der Waals surface area contributed by atoms with Gasteiger partial charge in [0.1, 0.15) is 12.4 Å². The minimum atomic E-state index is -0.418. The Hall–Kier alpha value is -3.19. The fourth-order valence-electron chi connectivity index (χ4n) is 3.28. The van der Waals surface area contributed by atoms with E-state index in [0.717, 1.165) is 25.0 Å². The number of aromatic nitrogens is 2. The lowest BCUT2D eigenvalue weighted by Crippen LogP contribution is -2.20. The van der Waals surface area contributed by atoms with Crippen molar-refractivity contribution < 1.29 is 14.3 Å². The standard InChI is InChI=1S/C21H21N3O4/c1-13-8-9-17(18(11-13)28-12-14-5-4-10-27-14)22-21(26)19-15-6-2-3-7-16(15)20(25)24-23-19/h2-3,6-9,11,14H,4-5,10,12H2,1H3,(H,22,26)(H,24,25). The number of nitrogens with one attached hydrogen (secondary N) is 2. The summed E-state index contributed by atoms with van der Waals surface area (Å²) in [6.45, 7) is 3.16. The average Bonchev–Trinajstić information content (AvgIpc) is 3.22. The van der Waals surface area contributed by atoms with Gasteiger partial charge in [-0.2, -0.15) is 5.10 Å². The zero-order valence-electron chi connectivity index (χ0n) is 15.5. The van der Waals surface area contributed by atoms with Gasteiger partial charge in [-0.1, -0.05) is 24.3 Å². The van der Waals surface area contributed by atoms with Crippen LogP contribution in [-0.4, -0.2) is 35.4 Å². The second-order valence-electron chi connectivity index (χ2n) is 6.85. The Kier molecular flexibility index (Phi) is 5.08. The number of nitrogens with zero attached hydrogens (tertiary/aromatic N) is 1. The number of hydrogen-bond acceptors (Lipinski definition) is 5. The summed E-state index contributed by atoms with van der Waals surface area (Å²) >= 11 is 0. The predicted octanol–water partition coefficient (Wildman–Crippen LogP) is 3.04. The van der Waals surface area contributed by atoms with E-state index in [0.29, 0.717) is 28.8 Å². The van der Waals surface area contributed by atoms with Gasteiger partial charge in [0, 0.05) is 12.0 Å². The molecule has 2 aromatic carbocycles. The predicted molar refractivity (Wildman–Crippen MR) is 106 cm³/mol. The second kappa shape index (κ2) is 7.82. The van der Waals surface area contributed by atoms with E-state index >= 15 is 0 Å². The van der Waals surface area contributed by atoms with Crippen molar-refractivity contribution >= 4 is 22.4 Å². The van der Waals surface area contributed by atoms with Gasteiger partial charge in [-0.3, -0.25) is 9.59 Å². The molecular formula is C21H21N3O4. The maximum absolute atomic E-state index is 12.9. The zero-order valence-corrected chi connectivity index (χ0v) is 15.5. The first kappa shape index (κ1) is 18.2.